The maximum absolute atomic E-state index is 12.8. The van der Waals surface area contributed by atoms with Crippen molar-refractivity contribution < 1.29 is 14.3 Å². The van der Waals surface area contributed by atoms with E-state index in [0.717, 1.165) is 25.8 Å². The van der Waals surface area contributed by atoms with Crippen molar-refractivity contribution in [3.05, 3.63) is 23.8 Å². The molecule has 0 bridgehead atoms. The molecule has 21 heavy (non-hydrogen) atoms. The van der Waals surface area contributed by atoms with Crippen LogP contribution in [0, 0.1) is 5.92 Å². The third-order valence-corrected chi connectivity index (χ3v) is 3.83. The molecule has 1 amide bonds. The molecule has 1 fully saturated rings. The van der Waals surface area contributed by atoms with E-state index in [1.807, 2.05) is 11.0 Å². The van der Waals surface area contributed by atoms with Crippen molar-refractivity contribution in [2.24, 2.45) is 5.92 Å². The van der Waals surface area contributed by atoms with Crippen molar-refractivity contribution in [1.82, 2.24) is 4.90 Å². The second kappa shape index (κ2) is 6.83. The molecule has 116 valence electrons. The normalized spacial score (nSPS) is 14.1. The fraction of sp³-hybridized carbons (Fsp3) is 0.588. The number of methoxy groups -OCH3 is 2. The lowest BCUT2D eigenvalue weighted by molar-refractivity contribution is 0.0732. The fourth-order valence-electron chi connectivity index (χ4n) is 2.36. The molecule has 4 nitrogen and oxygen atoms in total. The van der Waals surface area contributed by atoms with E-state index in [0.29, 0.717) is 29.0 Å². The van der Waals surface area contributed by atoms with Gasteiger partial charge in [-0.05, 0) is 37.3 Å². The number of carbonyl (C=O) groups excluding carboxylic acids is 1. The number of benzene rings is 1. The van der Waals surface area contributed by atoms with Crippen LogP contribution in [0.2, 0.25) is 0 Å². The Balaban J connectivity index is 2.19. The first-order valence-electron chi connectivity index (χ1n) is 7.59. The van der Waals surface area contributed by atoms with Gasteiger partial charge < -0.3 is 14.4 Å². The van der Waals surface area contributed by atoms with Gasteiger partial charge in [0.05, 0.1) is 19.8 Å². The molecule has 1 aliphatic carbocycles. The maximum atomic E-state index is 12.8. The Morgan fingerprint density at radius 1 is 1.29 bits per heavy atom. The van der Waals surface area contributed by atoms with Gasteiger partial charge >= 0.3 is 0 Å². The van der Waals surface area contributed by atoms with Gasteiger partial charge in [-0.3, -0.25) is 4.79 Å². The summed E-state index contributed by atoms with van der Waals surface area (Å²) >= 11 is 0. The highest BCUT2D eigenvalue weighted by atomic mass is 16.5. The molecular weight excluding hydrogens is 266 g/mol. The minimum absolute atomic E-state index is 0.0673. The predicted octanol–water partition coefficient (Wildman–Crippen LogP) is 3.35. The summed E-state index contributed by atoms with van der Waals surface area (Å²) in [6, 6.07) is 5.78. The summed E-state index contributed by atoms with van der Waals surface area (Å²) in [5, 5.41) is 0. The Labute approximate surface area is 127 Å². The summed E-state index contributed by atoms with van der Waals surface area (Å²) in [4.78, 5) is 14.8. The van der Waals surface area contributed by atoms with Crippen molar-refractivity contribution in [2.75, 3.05) is 20.8 Å². The zero-order valence-electron chi connectivity index (χ0n) is 13.4. The van der Waals surface area contributed by atoms with E-state index in [9.17, 15) is 4.79 Å². The molecule has 2 rings (SSSR count). The first kappa shape index (κ1) is 15.7. The fourth-order valence-corrected chi connectivity index (χ4v) is 2.36. The third kappa shape index (κ3) is 3.90. The molecule has 0 heterocycles. The molecule has 1 saturated carbocycles. The zero-order chi connectivity index (χ0) is 15.4. The van der Waals surface area contributed by atoms with E-state index in [-0.39, 0.29) is 5.91 Å². The minimum atomic E-state index is 0.0673. The van der Waals surface area contributed by atoms with E-state index in [4.69, 9.17) is 9.47 Å². The van der Waals surface area contributed by atoms with Crippen LogP contribution in [0.4, 0.5) is 0 Å². The van der Waals surface area contributed by atoms with Crippen LogP contribution in [0.25, 0.3) is 0 Å². The average Bonchev–Trinajstić information content (AvgIpc) is 3.31. The maximum Gasteiger partial charge on any atom is 0.257 e. The van der Waals surface area contributed by atoms with Crippen LogP contribution in [-0.2, 0) is 0 Å². The molecule has 0 unspecified atom stereocenters. The van der Waals surface area contributed by atoms with Crippen molar-refractivity contribution in [2.45, 2.75) is 39.2 Å². The number of hydrogen-bond donors (Lipinski definition) is 0. The first-order valence-corrected chi connectivity index (χ1v) is 7.59. The highest BCUT2D eigenvalue weighted by Crippen LogP contribution is 2.32. The Kier molecular flexibility index (Phi) is 5.10. The summed E-state index contributed by atoms with van der Waals surface area (Å²) in [7, 11) is 3.19. The molecule has 0 aromatic heterocycles. The van der Waals surface area contributed by atoms with Gasteiger partial charge in [0.1, 0.15) is 11.5 Å². The van der Waals surface area contributed by atoms with Crippen molar-refractivity contribution in [3.8, 4) is 11.5 Å². The molecule has 1 aromatic carbocycles. The molecule has 1 aliphatic rings. The molecular formula is C17H25NO3. The number of rotatable bonds is 7. The van der Waals surface area contributed by atoms with Crippen LogP contribution < -0.4 is 9.47 Å². The Morgan fingerprint density at radius 3 is 2.52 bits per heavy atom. The SMILES string of the molecule is COc1ccc(C(=O)N(CCC(C)C)C2CC2)c(OC)c1. The molecule has 0 saturated heterocycles. The highest BCUT2D eigenvalue weighted by Gasteiger charge is 2.33. The molecule has 0 radical (unpaired) electrons. The van der Waals surface area contributed by atoms with Crippen LogP contribution in [0.5, 0.6) is 11.5 Å². The van der Waals surface area contributed by atoms with Gasteiger partial charge in [-0.2, -0.15) is 0 Å². The number of carbonyl (C=O) groups is 1. The molecule has 0 atom stereocenters. The highest BCUT2D eigenvalue weighted by molar-refractivity contribution is 5.97. The van der Waals surface area contributed by atoms with Crippen molar-refractivity contribution in [1.29, 1.82) is 0 Å². The quantitative estimate of drug-likeness (QED) is 0.773. The van der Waals surface area contributed by atoms with Crippen LogP contribution in [-0.4, -0.2) is 37.6 Å². The monoisotopic (exact) mass is 291 g/mol. The van der Waals surface area contributed by atoms with Crippen LogP contribution >= 0.6 is 0 Å². The Morgan fingerprint density at radius 2 is 2.00 bits per heavy atom. The van der Waals surface area contributed by atoms with E-state index >= 15 is 0 Å². The Hall–Kier alpha value is -1.71. The predicted molar refractivity (Wildman–Crippen MR) is 83.1 cm³/mol. The standard InChI is InChI=1S/C17H25NO3/c1-12(2)9-10-18(13-5-6-13)17(19)15-8-7-14(20-3)11-16(15)21-4/h7-8,11-13H,5-6,9-10H2,1-4H3. The summed E-state index contributed by atoms with van der Waals surface area (Å²) in [5.41, 5.74) is 0.619. The van der Waals surface area contributed by atoms with Crippen LogP contribution in [0.3, 0.4) is 0 Å². The molecule has 1 aromatic rings. The van der Waals surface area contributed by atoms with Crippen LogP contribution in [0.15, 0.2) is 18.2 Å². The van der Waals surface area contributed by atoms with Gasteiger partial charge in [0.15, 0.2) is 0 Å². The summed E-state index contributed by atoms with van der Waals surface area (Å²) < 4.78 is 10.5. The lowest BCUT2D eigenvalue weighted by atomic mass is 10.1. The van der Waals surface area contributed by atoms with Gasteiger partial charge in [-0.25, -0.2) is 0 Å². The van der Waals surface area contributed by atoms with E-state index in [2.05, 4.69) is 13.8 Å². The summed E-state index contributed by atoms with van der Waals surface area (Å²) in [6.07, 6.45) is 3.26. The van der Waals surface area contributed by atoms with Crippen molar-refractivity contribution >= 4 is 5.91 Å². The number of amides is 1. The second-order valence-corrected chi connectivity index (χ2v) is 5.98. The van der Waals surface area contributed by atoms with Gasteiger partial charge in [-0.15, -0.1) is 0 Å². The molecule has 0 spiro atoms. The van der Waals surface area contributed by atoms with Gasteiger partial charge in [0.25, 0.3) is 5.91 Å². The lowest BCUT2D eigenvalue weighted by Crippen LogP contribution is -2.34. The summed E-state index contributed by atoms with van der Waals surface area (Å²) in [6.45, 7) is 5.18. The molecule has 0 N–H and O–H groups in total. The van der Waals surface area contributed by atoms with Gasteiger partial charge in [0, 0.05) is 18.7 Å². The zero-order valence-corrected chi connectivity index (χ0v) is 13.4. The summed E-state index contributed by atoms with van der Waals surface area (Å²) in [5.74, 6) is 1.94. The smallest absolute Gasteiger partial charge is 0.257 e. The second-order valence-electron chi connectivity index (χ2n) is 5.98. The average molecular weight is 291 g/mol. The third-order valence-electron chi connectivity index (χ3n) is 3.83. The van der Waals surface area contributed by atoms with E-state index < -0.39 is 0 Å². The molecule has 4 heteroatoms. The first-order chi connectivity index (χ1) is 10.1. The largest absolute Gasteiger partial charge is 0.497 e. The number of nitrogens with zero attached hydrogens (tertiary/aromatic N) is 1. The van der Waals surface area contributed by atoms with Crippen LogP contribution in [0.1, 0.15) is 43.5 Å². The van der Waals surface area contributed by atoms with E-state index in [1.54, 1.807) is 26.4 Å². The van der Waals surface area contributed by atoms with Gasteiger partial charge in [0.2, 0.25) is 0 Å². The molecule has 0 aliphatic heterocycles. The topological polar surface area (TPSA) is 38.8 Å². The number of ether oxygens (including phenoxy) is 2. The van der Waals surface area contributed by atoms with Gasteiger partial charge in [-0.1, -0.05) is 13.8 Å². The Bertz CT molecular complexity index is 495. The van der Waals surface area contributed by atoms with Crippen molar-refractivity contribution in [3.63, 3.8) is 0 Å². The number of hydrogen-bond acceptors (Lipinski definition) is 3. The lowest BCUT2D eigenvalue weighted by Gasteiger charge is -2.24. The van der Waals surface area contributed by atoms with E-state index in [1.165, 1.54) is 0 Å². The minimum Gasteiger partial charge on any atom is -0.497 e.